The van der Waals surface area contributed by atoms with Crippen molar-refractivity contribution in [2.24, 2.45) is 0 Å². The SMILES string of the molecule is CCNCc1cccc(C)c1PC(CC)(CC)c1cc(C)cc(C)c1O. The number of aromatic hydroxyl groups is 1. The maximum atomic E-state index is 10.9. The van der Waals surface area contributed by atoms with E-state index in [0.29, 0.717) is 14.3 Å². The molecule has 0 aliphatic carbocycles. The Morgan fingerprint density at radius 2 is 1.69 bits per heavy atom. The lowest BCUT2D eigenvalue weighted by atomic mass is 9.89. The number of hydrogen-bond acceptors (Lipinski definition) is 2. The number of rotatable bonds is 8. The average molecular weight is 372 g/mol. The van der Waals surface area contributed by atoms with Crippen molar-refractivity contribution < 1.29 is 5.11 Å². The van der Waals surface area contributed by atoms with Crippen LogP contribution in [0.4, 0.5) is 0 Å². The molecule has 0 aliphatic heterocycles. The lowest BCUT2D eigenvalue weighted by Crippen LogP contribution is -2.26. The molecule has 2 N–H and O–H groups in total. The zero-order valence-corrected chi connectivity index (χ0v) is 18.2. The maximum absolute atomic E-state index is 10.9. The van der Waals surface area contributed by atoms with Gasteiger partial charge < -0.3 is 10.4 Å². The van der Waals surface area contributed by atoms with Crippen LogP contribution in [0, 0.1) is 20.8 Å². The molecule has 0 spiro atoms. The standard InChI is InChI=1S/C23H34NOP/c1-7-23(8-2,20-14-16(4)13-18(6)21(20)25)26-22-17(5)11-10-12-19(22)15-24-9-3/h10-14,24-26H,7-9,15H2,1-6H3. The zero-order chi connectivity index (χ0) is 19.3. The molecule has 1 unspecified atom stereocenters. The summed E-state index contributed by atoms with van der Waals surface area (Å²) in [6.45, 7) is 14.9. The van der Waals surface area contributed by atoms with Crippen molar-refractivity contribution in [3.05, 3.63) is 58.1 Å². The van der Waals surface area contributed by atoms with E-state index >= 15 is 0 Å². The van der Waals surface area contributed by atoms with Gasteiger partial charge in [0.05, 0.1) is 0 Å². The fourth-order valence-corrected chi connectivity index (χ4v) is 5.52. The number of aryl methyl sites for hydroxylation is 3. The van der Waals surface area contributed by atoms with Crippen LogP contribution in [0.5, 0.6) is 5.75 Å². The van der Waals surface area contributed by atoms with Gasteiger partial charge in [0, 0.05) is 17.3 Å². The fourth-order valence-electron chi connectivity index (χ4n) is 3.75. The molecule has 2 nitrogen and oxygen atoms in total. The van der Waals surface area contributed by atoms with Gasteiger partial charge in [0.15, 0.2) is 0 Å². The normalized spacial score (nSPS) is 12.2. The minimum absolute atomic E-state index is 0.0199. The van der Waals surface area contributed by atoms with E-state index in [1.165, 1.54) is 22.0 Å². The Hall–Kier alpha value is -1.37. The number of phenolic OH excluding ortho intramolecular Hbond substituents is 1. The maximum Gasteiger partial charge on any atom is 0.122 e. The van der Waals surface area contributed by atoms with E-state index < -0.39 is 0 Å². The molecule has 1 atom stereocenters. The van der Waals surface area contributed by atoms with Crippen LogP contribution in [0.25, 0.3) is 0 Å². The van der Waals surface area contributed by atoms with Crippen molar-refractivity contribution in [2.75, 3.05) is 6.54 Å². The van der Waals surface area contributed by atoms with E-state index in [1.807, 2.05) is 6.92 Å². The number of nitrogens with one attached hydrogen (secondary N) is 1. The molecule has 0 bridgehead atoms. The lowest BCUT2D eigenvalue weighted by Gasteiger charge is -2.35. The summed E-state index contributed by atoms with van der Waals surface area (Å²) in [4.78, 5) is 0. The molecular weight excluding hydrogens is 337 g/mol. The van der Waals surface area contributed by atoms with Gasteiger partial charge in [0.2, 0.25) is 0 Å². The molecule has 2 aromatic carbocycles. The highest BCUT2D eigenvalue weighted by Gasteiger charge is 2.33. The van der Waals surface area contributed by atoms with Crippen LogP contribution in [0.3, 0.4) is 0 Å². The highest BCUT2D eigenvalue weighted by atomic mass is 31.1. The molecule has 26 heavy (non-hydrogen) atoms. The number of hydrogen-bond donors (Lipinski definition) is 2. The largest absolute Gasteiger partial charge is 0.507 e. The highest BCUT2D eigenvalue weighted by molar-refractivity contribution is 7.48. The van der Waals surface area contributed by atoms with E-state index in [0.717, 1.165) is 37.1 Å². The molecule has 3 heteroatoms. The van der Waals surface area contributed by atoms with E-state index in [2.05, 4.69) is 70.3 Å². The Morgan fingerprint density at radius 3 is 2.31 bits per heavy atom. The molecule has 142 valence electrons. The molecule has 0 saturated heterocycles. The van der Waals surface area contributed by atoms with Gasteiger partial charge >= 0.3 is 0 Å². The summed E-state index contributed by atoms with van der Waals surface area (Å²) in [5, 5.41) is 15.8. The number of phenols is 1. The van der Waals surface area contributed by atoms with Gasteiger partial charge in [-0.2, -0.15) is 0 Å². The molecular formula is C23H34NOP. The van der Waals surface area contributed by atoms with Crippen molar-refractivity contribution in [1.29, 1.82) is 0 Å². The Kier molecular flexibility index (Phi) is 7.26. The van der Waals surface area contributed by atoms with Crippen LogP contribution in [-0.2, 0) is 11.7 Å². The Morgan fingerprint density at radius 1 is 1.00 bits per heavy atom. The third kappa shape index (κ3) is 4.30. The average Bonchev–Trinajstić information content (AvgIpc) is 2.63. The highest BCUT2D eigenvalue weighted by Crippen LogP contribution is 2.51. The van der Waals surface area contributed by atoms with Gasteiger partial charge in [-0.25, -0.2) is 0 Å². The van der Waals surface area contributed by atoms with Crippen molar-refractivity contribution in [3.63, 3.8) is 0 Å². The van der Waals surface area contributed by atoms with Crippen LogP contribution in [0.1, 0.15) is 61.4 Å². The monoisotopic (exact) mass is 371 g/mol. The van der Waals surface area contributed by atoms with Crippen molar-refractivity contribution >= 4 is 13.9 Å². The first-order chi connectivity index (χ1) is 12.4. The zero-order valence-electron chi connectivity index (χ0n) is 17.2. The minimum atomic E-state index is -0.0199. The Bertz CT molecular complexity index is 750. The van der Waals surface area contributed by atoms with Crippen LogP contribution >= 0.6 is 8.58 Å². The summed E-state index contributed by atoms with van der Waals surface area (Å²) < 4.78 is 0. The van der Waals surface area contributed by atoms with Crippen molar-refractivity contribution in [1.82, 2.24) is 5.32 Å². The summed E-state index contributed by atoms with van der Waals surface area (Å²) in [7, 11) is 0.641. The second-order valence-corrected chi connectivity index (χ2v) is 8.99. The third-order valence-corrected chi connectivity index (χ3v) is 7.88. The first kappa shape index (κ1) is 20.9. The first-order valence-corrected chi connectivity index (χ1v) is 10.8. The van der Waals surface area contributed by atoms with E-state index in [-0.39, 0.29) is 5.16 Å². The summed E-state index contributed by atoms with van der Waals surface area (Å²) in [5.41, 5.74) is 6.07. The quantitative estimate of drug-likeness (QED) is 0.605. The second-order valence-electron chi connectivity index (χ2n) is 7.28. The van der Waals surface area contributed by atoms with Gasteiger partial charge in [0.25, 0.3) is 0 Å². The van der Waals surface area contributed by atoms with Crippen LogP contribution < -0.4 is 10.6 Å². The van der Waals surface area contributed by atoms with Crippen LogP contribution in [0.2, 0.25) is 0 Å². The van der Waals surface area contributed by atoms with Gasteiger partial charge in [-0.3, -0.25) is 0 Å². The summed E-state index contributed by atoms with van der Waals surface area (Å²) in [6, 6.07) is 10.9. The van der Waals surface area contributed by atoms with E-state index in [9.17, 15) is 5.11 Å². The third-order valence-electron chi connectivity index (χ3n) is 5.46. The molecule has 0 radical (unpaired) electrons. The minimum Gasteiger partial charge on any atom is -0.507 e. The summed E-state index contributed by atoms with van der Waals surface area (Å²) in [5.74, 6) is 0.480. The topological polar surface area (TPSA) is 32.3 Å². The predicted molar refractivity (Wildman–Crippen MR) is 116 cm³/mol. The molecule has 2 aromatic rings. The van der Waals surface area contributed by atoms with Gasteiger partial charge in [-0.1, -0.05) is 65.2 Å². The van der Waals surface area contributed by atoms with E-state index in [1.54, 1.807) is 0 Å². The molecule has 0 saturated carbocycles. The second kappa shape index (κ2) is 9.02. The van der Waals surface area contributed by atoms with Crippen LogP contribution in [-0.4, -0.2) is 11.7 Å². The van der Waals surface area contributed by atoms with Crippen LogP contribution in [0.15, 0.2) is 30.3 Å². The molecule has 0 heterocycles. The molecule has 0 aliphatic rings. The van der Waals surface area contributed by atoms with Gasteiger partial charge in [-0.15, -0.1) is 0 Å². The van der Waals surface area contributed by atoms with Gasteiger partial charge in [-0.05, 0) is 62.2 Å². The lowest BCUT2D eigenvalue weighted by molar-refractivity contribution is 0.444. The first-order valence-electron chi connectivity index (χ1n) is 9.76. The Labute approximate surface area is 161 Å². The molecule has 2 rings (SSSR count). The summed E-state index contributed by atoms with van der Waals surface area (Å²) >= 11 is 0. The van der Waals surface area contributed by atoms with Crippen molar-refractivity contribution in [2.45, 2.75) is 66.1 Å². The molecule has 0 fully saturated rings. The summed E-state index contributed by atoms with van der Waals surface area (Å²) in [6.07, 6.45) is 2.04. The van der Waals surface area contributed by atoms with Gasteiger partial charge in [0.1, 0.15) is 5.75 Å². The molecule has 0 amide bonds. The number of benzene rings is 2. The van der Waals surface area contributed by atoms with E-state index in [4.69, 9.17) is 0 Å². The van der Waals surface area contributed by atoms with Crippen molar-refractivity contribution in [3.8, 4) is 5.75 Å². The predicted octanol–water partition coefficient (Wildman–Crippen LogP) is 5.45. The Balaban J connectivity index is 2.56. The fraction of sp³-hybridized carbons (Fsp3) is 0.478. The molecule has 0 aromatic heterocycles. The smallest absolute Gasteiger partial charge is 0.122 e.